The van der Waals surface area contributed by atoms with Gasteiger partial charge in [0.1, 0.15) is 5.75 Å². The summed E-state index contributed by atoms with van der Waals surface area (Å²) in [7, 11) is -2.09. The molecule has 2 amide bonds. The number of halogens is 1. The van der Waals surface area contributed by atoms with Crippen LogP contribution in [0.4, 0.5) is 0 Å². The van der Waals surface area contributed by atoms with Crippen LogP contribution in [0.25, 0.3) is 16.7 Å². The Bertz CT molecular complexity index is 2510. The molecule has 302 valence electrons. The second-order valence-electron chi connectivity index (χ2n) is 15.4. The molecule has 1 aliphatic heterocycles. The van der Waals surface area contributed by atoms with Gasteiger partial charge in [-0.1, -0.05) is 60.1 Å². The normalized spacial score (nSPS) is 14.2. The first-order chi connectivity index (χ1) is 27.8. The van der Waals surface area contributed by atoms with Gasteiger partial charge < -0.3 is 10.1 Å². The van der Waals surface area contributed by atoms with Gasteiger partial charge in [-0.05, 0) is 141 Å². The largest absolute Gasteiger partial charge is 0.494 e. The molecule has 2 N–H and O–H groups in total. The van der Waals surface area contributed by atoms with Gasteiger partial charge in [0, 0.05) is 54.0 Å². The second-order valence-corrected chi connectivity index (χ2v) is 17.4. The van der Waals surface area contributed by atoms with Gasteiger partial charge in [0.05, 0.1) is 17.2 Å². The van der Waals surface area contributed by atoms with Crippen molar-refractivity contribution in [1.29, 1.82) is 0 Å². The zero-order chi connectivity index (χ0) is 41.1. The average Bonchev–Trinajstić information content (AvgIpc) is 3.92. The first-order valence-electron chi connectivity index (χ1n) is 19.8. The molecule has 7 rings (SSSR count). The fraction of sp³-hybridized carbons (Fsp3) is 0.326. The minimum Gasteiger partial charge on any atom is -0.494 e. The van der Waals surface area contributed by atoms with Crippen molar-refractivity contribution in [3.63, 3.8) is 0 Å². The van der Waals surface area contributed by atoms with Crippen molar-refractivity contribution in [2.75, 3.05) is 19.7 Å². The zero-order valence-corrected chi connectivity index (χ0v) is 35.3. The van der Waals surface area contributed by atoms with Crippen LogP contribution in [0.5, 0.6) is 5.75 Å². The lowest BCUT2D eigenvalue weighted by atomic mass is 9.92. The summed E-state index contributed by atoms with van der Waals surface area (Å²) in [5.41, 5.74) is 11.5. The number of rotatable bonds is 14. The maximum absolute atomic E-state index is 14.3. The molecule has 2 aliphatic rings. The van der Waals surface area contributed by atoms with Gasteiger partial charge in [0.2, 0.25) is 5.91 Å². The number of carbonyl (C=O) groups excluding carboxylic acids is 2. The molecular weight excluding hydrogens is 770 g/mol. The van der Waals surface area contributed by atoms with Crippen LogP contribution in [0.15, 0.2) is 89.3 Å². The molecule has 0 unspecified atom stereocenters. The zero-order valence-electron chi connectivity index (χ0n) is 33.7. The van der Waals surface area contributed by atoms with E-state index < -0.39 is 15.9 Å². The number of sulfonamides is 1. The third-order valence-corrected chi connectivity index (χ3v) is 13.3. The number of nitrogens with one attached hydrogen (secondary N) is 2. The van der Waals surface area contributed by atoms with E-state index in [4.69, 9.17) is 21.4 Å². The number of aromatic nitrogens is 2. The number of carbonyl (C=O) groups is 2. The van der Waals surface area contributed by atoms with Gasteiger partial charge in [0.15, 0.2) is 0 Å². The van der Waals surface area contributed by atoms with E-state index in [0.717, 1.165) is 80.7 Å². The summed E-state index contributed by atoms with van der Waals surface area (Å²) in [6.07, 6.45) is 4.16. The predicted octanol–water partition coefficient (Wildman–Crippen LogP) is 8.17. The first-order valence-corrected chi connectivity index (χ1v) is 21.7. The Morgan fingerprint density at radius 3 is 2.31 bits per heavy atom. The molecule has 2 heterocycles. The predicted molar refractivity (Wildman–Crippen MR) is 228 cm³/mol. The molecule has 1 fully saturated rings. The van der Waals surface area contributed by atoms with Crippen molar-refractivity contribution in [1.82, 2.24) is 24.7 Å². The first kappa shape index (κ1) is 40.9. The van der Waals surface area contributed by atoms with Gasteiger partial charge in [0.25, 0.3) is 15.9 Å². The summed E-state index contributed by atoms with van der Waals surface area (Å²) in [6, 6.07) is 23.4. The van der Waals surface area contributed by atoms with Crippen molar-refractivity contribution in [2.45, 2.75) is 77.8 Å². The van der Waals surface area contributed by atoms with Crippen LogP contribution in [-0.4, -0.2) is 54.6 Å². The Labute approximate surface area is 346 Å². The number of nitrogens with zero attached hydrogens (tertiary/aromatic N) is 3. The van der Waals surface area contributed by atoms with E-state index in [1.54, 1.807) is 49.4 Å². The van der Waals surface area contributed by atoms with Crippen molar-refractivity contribution in [3.05, 3.63) is 140 Å². The van der Waals surface area contributed by atoms with Crippen LogP contribution in [0.1, 0.15) is 80.8 Å². The lowest BCUT2D eigenvalue weighted by Gasteiger charge is -2.16. The molecule has 5 aromatic rings. The highest BCUT2D eigenvalue weighted by molar-refractivity contribution is 7.90. The van der Waals surface area contributed by atoms with Crippen LogP contribution >= 0.6 is 11.6 Å². The monoisotopic (exact) mass is 819 g/mol. The highest BCUT2D eigenvalue weighted by Gasteiger charge is 2.31. The molecule has 0 bridgehead atoms. The molecule has 12 heteroatoms. The van der Waals surface area contributed by atoms with E-state index in [1.807, 2.05) is 37.7 Å². The minimum atomic E-state index is -4.08. The summed E-state index contributed by atoms with van der Waals surface area (Å²) < 4.78 is 36.4. The minimum absolute atomic E-state index is 0.0415. The van der Waals surface area contributed by atoms with Gasteiger partial charge in [-0.25, -0.2) is 13.1 Å². The molecule has 0 spiro atoms. The number of fused-ring (bicyclic) bond motifs is 1. The van der Waals surface area contributed by atoms with Crippen molar-refractivity contribution in [3.8, 4) is 16.9 Å². The number of hydrogen-bond donors (Lipinski definition) is 2. The summed E-state index contributed by atoms with van der Waals surface area (Å²) in [4.78, 5) is 29.9. The number of hydrogen-bond acceptors (Lipinski definition) is 7. The maximum atomic E-state index is 14.3. The highest BCUT2D eigenvalue weighted by atomic mass is 35.5. The highest BCUT2D eigenvalue weighted by Crippen LogP contribution is 2.43. The summed E-state index contributed by atoms with van der Waals surface area (Å²) in [5.74, 6) is -0.179. The Balaban J connectivity index is 1.12. The molecule has 0 saturated carbocycles. The Hall–Kier alpha value is -5.23. The van der Waals surface area contributed by atoms with Crippen molar-refractivity contribution in [2.24, 2.45) is 7.05 Å². The molecule has 58 heavy (non-hydrogen) atoms. The SMILES string of the molecule is Cc1ccccc1S(=O)(=O)NC(=O)c1cccc(CNC(=O)C2=C(CCCOc3cc(C)c(Cl)c(C)c3)c3cccc(-c4c(CN5CCCC5)nn(C)c4C)c3C2)c1. The molecule has 0 atom stereocenters. The maximum Gasteiger partial charge on any atom is 0.265 e. The Morgan fingerprint density at radius 1 is 0.862 bits per heavy atom. The van der Waals surface area contributed by atoms with E-state index in [-0.39, 0.29) is 22.9 Å². The van der Waals surface area contributed by atoms with Crippen LogP contribution in [0.3, 0.4) is 0 Å². The molecular formula is C46H50ClN5O5S. The number of likely N-dealkylation sites (tertiary alicyclic amines) is 1. The average molecular weight is 820 g/mol. The van der Waals surface area contributed by atoms with Crippen molar-refractivity contribution < 1.29 is 22.7 Å². The number of ether oxygens (including phenoxy) is 1. The molecule has 1 saturated heterocycles. The van der Waals surface area contributed by atoms with Crippen LogP contribution in [0.2, 0.25) is 5.02 Å². The third-order valence-electron chi connectivity index (χ3n) is 11.2. The number of amides is 2. The fourth-order valence-electron chi connectivity index (χ4n) is 8.17. The second kappa shape index (κ2) is 17.3. The van der Waals surface area contributed by atoms with Gasteiger partial charge in [-0.2, -0.15) is 5.10 Å². The Morgan fingerprint density at radius 2 is 1.57 bits per heavy atom. The van der Waals surface area contributed by atoms with E-state index in [1.165, 1.54) is 18.9 Å². The molecule has 1 aromatic heterocycles. The van der Waals surface area contributed by atoms with Crippen molar-refractivity contribution >= 4 is 39.0 Å². The van der Waals surface area contributed by atoms with Gasteiger partial charge >= 0.3 is 0 Å². The van der Waals surface area contributed by atoms with Crippen LogP contribution < -0.4 is 14.8 Å². The lowest BCUT2D eigenvalue weighted by Crippen LogP contribution is -2.31. The summed E-state index contributed by atoms with van der Waals surface area (Å²) in [5, 5.41) is 8.82. The number of allylic oxidation sites excluding steroid dienone is 1. The summed E-state index contributed by atoms with van der Waals surface area (Å²) in [6.45, 7) is 11.2. The number of benzene rings is 4. The number of aryl methyl sites for hydroxylation is 4. The standard InChI is InChI=1S/C46H50ClN5O5S/c1-29-13-6-7-19-42(29)58(55,56)50-45(53)34-15-10-14-33(25-34)27-48-46(54)40-26-39-36(37(40)18-12-22-57-35-23-30(2)44(47)31(3)24-35)16-11-17-38(39)43-32(4)51(5)49-41(43)28-52-20-8-9-21-52/h6-7,10-11,13-17,19,23-25H,8-9,12,18,20-22,26-28H2,1-5H3,(H,48,54)(H,50,53). The summed E-state index contributed by atoms with van der Waals surface area (Å²) >= 11 is 6.40. The van der Waals surface area contributed by atoms with Crippen LogP contribution in [-0.2, 0) is 41.4 Å². The molecule has 10 nitrogen and oxygen atoms in total. The van der Waals surface area contributed by atoms with E-state index >= 15 is 0 Å². The Kier molecular flexibility index (Phi) is 12.2. The quantitative estimate of drug-likeness (QED) is 0.108. The molecule has 0 radical (unpaired) electrons. The lowest BCUT2D eigenvalue weighted by molar-refractivity contribution is -0.117. The fourth-order valence-corrected chi connectivity index (χ4v) is 9.50. The van der Waals surface area contributed by atoms with Gasteiger partial charge in [-0.15, -0.1) is 0 Å². The van der Waals surface area contributed by atoms with Gasteiger partial charge in [-0.3, -0.25) is 19.2 Å². The van der Waals surface area contributed by atoms with E-state index in [9.17, 15) is 18.0 Å². The third kappa shape index (κ3) is 8.77. The topological polar surface area (TPSA) is 123 Å². The smallest absolute Gasteiger partial charge is 0.265 e. The van der Waals surface area contributed by atoms with E-state index in [0.29, 0.717) is 42.6 Å². The molecule has 1 aliphatic carbocycles. The van der Waals surface area contributed by atoms with Crippen LogP contribution in [0, 0.1) is 27.7 Å². The molecule has 4 aromatic carbocycles. The van der Waals surface area contributed by atoms with E-state index in [2.05, 4.69) is 40.1 Å².